The second-order valence-electron chi connectivity index (χ2n) is 7.20. The van der Waals surface area contributed by atoms with Crippen molar-refractivity contribution in [3.8, 4) is 0 Å². The Balaban J connectivity index is 1.50. The quantitative estimate of drug-likeness (QED) is 0.746. The molecule has 0 spiro atoms. The normalized spacial score (nSPS) is 27.0. The predicted molar refractivity (Wildman–Crippen MR) is 98.6 cm³/mol. The van der Waals surface area contributed by atoms with E-state index < -0.39 is 6.10 Å². The van der Waals surface area contributed by atoms with Crippen LogP contribution in [-0.2, 0) is 20.8 Å². The Bertz CT molecular complexity index is 861. The van der Waals surface area contributed by atoms with Gasteiger partial charge in [0.25, 0.3) is 0 Å². The molecular weight excluding hydrogens is 348 g/mol. The number of hydrogen-bond acceptors (Lipinski definition) is 5. The van der Waals surface area contributed by atoms with Crippen LogP contribution in [0, 0.1) is 0 Å². The summed E-state index contributed by atoms with van der Waals surface area (Å²) in [4.78, 5) is 25.0. The van der Waals surface area contributed by atoms with E-state index in [4.69, 9.17) is 9.47 Å². The van der Waals surface area contributed by atoms with Gasteiger partial charge in [-0.15, -0.1) is 0 Å². The second kappa shape index (κ2) is 7.42. The number of rotatable bonds is 6. The Kier molecular flexibility index (Phi) is 4.99. The van der Waals surface area contributed by atoms with Gasteiger partial charge in [0.2, 0.25) is 5.91 Å². The number of nitrogens with one attached hydrogen (secondary N) is 1. The molecule has 0 radical (unpaired) electrons. The van der Waals surface area contributed by atoms with E-state index >= 15 is 0 Å². The molecule has 0 bridgehead atoms. The highest BCUT2D eigenvalue weighted by Gasteiger charge is 2.47. The van der Waals surface area contributed by atoms with Crippen molar-refractivity contribution in [1.82, 2.24) is 9.88 Å². The maximum atomic E-state index is 12.6. The maximum absolute atomic E-state index is 12.6. The molecule has 4 rings (SSSR count). The molecule has 2 N–H and O–H groups in total. The summed E-state index contributed by atoms with van der Waals surface area (Å²) < 4.78 is 12.9. The van der Waals surface area contributed by atoms with Crippen LogP contribution < -0.4 is 5.32 Å². The van der Waals surface area contributed by atoms with Crippen LogP contribution in [0.4, 0.5) is 0 Å². The molecule has 144 valence electrons. The number of carbonyl (C=O) groups is 2. The number of para-hydroxylation sites is 1. The first-order chi connectivity index (χ1) is 13.1. The van der Waals surface area contributed by atoms with Gasteiger partial charge in [0.15, 0.2) is 5.78 Å². The zero-order valence-electron chi connectivity index (χ0n) is 15.3. The molecule has 1 aromatic heterocycles. The lowest BCUT2D eigenvalue weighted by atomic mass is 10.1. The Morgan fingerprint density at radius 2 is 2.00 bits per heavy atom. The van der Waals surface area contributed by atoms with E-state index in [1.165, 1.54) is 0 Å². The first-order valence-electron chi connectivity index (χ1n) is 9.40. The summed E-state index contributed by atoms with van der Waals surface area (Å²) in [7, 11) is 0. The van der Waals surface area contributed by atoms with E-state index in [-0.39, 0.29) is 43.1 Å². The number of amides is 1. The monoisotopic (exact) mass is 372 g/mol. The van der Waals surface area contributed by atoms with Crippen LogP contribution >= 0.6 is 0 Å². The highest BCUT2D eigenvalue weighted by atomic mass is 16.6. The van der Waals surface area contributed by atoms with Gasteiger partial charge < -0.3 is 24.5 Å². The molecule has 4 atom stereocenters. The highest BCUT2D eigenvalue weighted by Crippen LogP contribution is 2.27. The number of Topliss-reactive ketones (excluding diaryl/α,β-unsaturated/α-hetero) is 1. The van der Waals surface area contributed by atoms with Gasteiger partial charge in [-0.2, -0.15) is 0 Å². The molecule has 2 aliphatic heterocycles. The molecule has 2 aliphatic rings. The van der Waals surface area contributed by atoms with E-state index in [0.717, 1.165) is 17.3 Å². The Morgan fingerprint density at radius 3 is 2.81 bits per heavy atom. The third-order valence-electron chi connectivity index (χ3n) is 5.25. The van der Waals surface area contributed by atoms with Gasteiger partial charge in [0.05, 0.1) is 19.3 Å². The Hall–Kier alpha value is -2.22. The number of nitrogens with zero attached hydrogens (tertiary/aromatic N) is 1. The lowest BCUT2D eigenvalue weighted by Gasteiger charge is -2.17. The van der Waals surface area contributed by atoms with Gasteiger partial charge in [-0.05, 0) is 12.5 Å². The van der Waals surface area contributed by atoms with Gasteiger partial charge in [0, 0.05) is 29.1 Å². The number of ether oxygens (including phenoxy) is 2. The minimum absolute atomic E-state index is 0.0910. The molecule has 27 heavy (non-hydrogen) atoms. The first kappa shape index (κ1) is 18.2. The fourth-order valence-electron chi connectivity index (χ4n) is 3.97. The third kappa shape index (κ3) is 3.38. The summed E-state index contributed by atoms with van der Waals surface area (Å²) in [5.74, 6) is -0.0854. The SMILES string of the molecule is CCCC(=O)c1cn(CC(=O)N[C@H]2CO[C@H]3[C@@H]2OC[C@H]3O)c2ccccc12. The summed E-state index contributed by atoms with van der Waals surface area (Å²) >= 11 is 0. The smallest absolute Gasteiger partial charge is 0.240 e. The average molecular weight is 372 g/mol. The summed E-state index contributed by atoms with van der Waals surface area (Å²) in [5.41, 5.74) is 1.52. The van der Waals surface area contributed by atoms with Gasteiger partial charge in [-0.25, -0.2) is 0 Å². The zero-order chi connectivity index (χ0) is 19.0. The van der Waals surface area contributed by atoms with Crippen LogP contribution in [0.1, 0.15) is 30.1 Å². The van der Waals surface area contributed by atoms with Crippen molar-refractivity contribution in [3.05, 3.63) is 36.0 Å². The molecule has 1 amide bonds. The van der Waals surface area contributed by atoms with Crippen LogP contribution in [0.15, 0.2) is 30.5 Å². The van der Waals surface area contributed by atoms with E-state index in [1.807, 2.05) is 35.8 Å². The molecule has 7 heteroatoms. The zero-order valence-corrected chi connectivity index (χ0v) is 15.3. The summed E-state index contributed by atoms with van der Waals surface area (Å²) in [6.07, 6.45) is 1.72. The molecule has 0 saturated carbocycles. The second-order valence-corrected chi connectivity index (χ2v) is 7.20. The van der Waals surface area contributed by atoms with Gasteiger partial charge in [-0.1, -0.05) is 25.1 Å². The predicted octanol–water partition coefficient (Wildman–Crippen LogP) is 1.27. The first-order valence-corrected chi connectivity index (χ1v) is 9.40. The maximum Gasteiger partial charge on any atom is 0.240 e. The Labute approximate surface area is 157 Å². The standard InChI is InChI=1S/C20H24N2O5/c1-2-5-16(23)13-8-22(15-7-4-3-6-12(13)15)9-18(25)21-14-10-26-20-17(24)11-27-19(14)20/h3-4,6-8,14,17,19-20,24H,2,5,9-11H2,1H3,(H,21,25)/t14-,17+,19+,20+/m0/s1. The third-order valence-corrected chi connectivity index (χ3v) is 5.25. The van der Waals surface area contributed by atoms with E-state index in [0.29, 0.717) is 18.6 Å². The molecule has 2 saturated heterocycles. The molecule has 3 heterocycles. The van der Waals surface area contributed by atoms with E-state index in [1.54, 1.807) is 6.20 Å². The molecule has 2 aromatic rings. The fraction of sp³-hybridized carbons (Fsp3) is 0.500. The topological polar surface area (TPSA) is 89.8 Å². The van der Waals surface area contributed by atoms with Crippen molar-refractivity contribution in [1.29, 1.82) is 0 Å². The van der Waals surface area contributed by atoms with Crippen molar-refractivity contribution in [3.63, 3.8) is 0 Å². The number of carbonyl (C=O) groups excluding carboxylic acids is 2. The lowest BCUT2D eigenvalue weighted by molar-refractivity contribution is -0.123. The highest BCUT2D eigenvalue weighted by molar-refractivity contribution is 6.08. The average Bonchev–Trinajstić information content (AvgIpc) is 3.32. The van der Waals surface area contributed by atoms with Crippen molar-refractivity contribution < 1.29 is 24.2 Å². The molecular formula is C20H24N2O5. The Morgan fingerprint density at radius 1 is 1.22 bits per heavy atom. The van der Waals surface area contributed by atoms with E-state index in [2.05, 4.69) is 5.32 Å². The van der Waals surface area contributed by atoms with Crippen molar-refractivity contribution in [2.75, 3.05) is 13.2 Å². The number of aliphatic hydroxyl groups is 1. The van der Waals surface area contributed by atoms with Crippen LogP contribution in [0.25, 0.3) is 10.9 Å². The van der Waals surface area contributed by atoms with Gasteiger partial charge in [0.1, 0.15) is 24.9 Å². The van der Waals surface area contributed by atoms with Crippen molar-refractivity contribution in [2.45, 2.75) is 50.7 Å². The number of hydrogen-bond donors (Lipinski definition) is 2. The van der Waals surface area contributed by atoms with Crippen LogP contribution in [-0.4, -0.2) is 58.9 Å². The minimum atomic E-state index is -0.641. The molecule has 0 unspecified atom stereocenters. The molecule has 1 aromatic carbocycles. The summed E-state index contributed by atoms with van der Waals surface area (Å²) in [6.45, 7) is 2.64. The minimum Gasteiger partial charge on any atom is -0.388 e. The molecule has 0 aliphatic carbocycles. The van der Waals surface area contributed by atoms with Crippen LogP contribution in [0.3, 0.4) is 0 Å². The summed E-state index contributed by atoms with van der Waals surface area (Å²) in [5, 5.41) is 13.6. The largest absolute Gasteiger partial charge is 0.388 e. The van der Waals surface area contributed by atoms with Crippen molar-refractivity contribution >= 4 is 22.6 Å². The van der Waals surface area contributed by atoms with Gasteiger partial charge >= 0.3 is 0 Å². The van der Waals surface area contributed by atoms with Crippen LogP contribution in [0.5, 0.6) is 0 Å². The number of aliphatic hydroxyl groups excluding tert-OH is 1. The number of aromatic nitrogens is 1. The molecule has 2 fully saturated rings. The fourth-order valence-corrected chi connectivity index (χ4v) is 3.97. The van der Waals surface area contributed by atoms with Crippen molar-refractivity contribution in [2.24, 2.45) is 0 Å². The molecule has 7 nitrogen and oxygen atoms in total. The van der Waals surface area contributed by atoms with E-state index in [9.17, 15) is 14.7 Å². The lowest BCUT2D eigenvalue weighted by Crippen LogP contribution is -2.45. The number of benzene rings is 1. The van der Waals surface area contributed by atoms with Gasteiger partial charge in [-0.3, -0.25) is 9.59 Å². The summed E-state index contributed by atoms with van der Waals surface area (Å²) in [6, 6.07) is 7.34. The van der Waals surface area contributed by atoms with Crippen LogP contribution in [0.2, 0.25) is 0 Å². The number of ketones is 1. The number of fused-ring (bicyclic) bond motifs is 2.